The van der Waals surface area contributed by atoms with Gasteiger partial charge in [-0.3, -0.25) is 9.59 Å². The summed E-state index contributed by atoms with van der Waals surface area (Å²) in [6.07, 6.45) is -0.711. The summed E-state index contributed by atoms with van der Waals surface area (Å²) in [6, 6.07) is 0. The van der Waals surface area contributed by atoms with Gasteiger partial charge in [0, 0.05) is 28.1 Å². The Morgan fingerprint density at radius 2 is 1.21 bits per heavy atom. The van der Waals surface area contributed by atoms with Gasteiger partial charge in [-0.25, -0.2) is 0 Å². The molecule has 0 aromatic heterocycles. The molecule has 0 radical (unpaired) electrons. The van der Waals surface area contributed by atoms with Gasteiger partial charge in [0.05, 0.1) is 0 Å². The fraction of sp³-hybridized carbons (Fsp3) is 0.636. The molecule has 0 aromatic carbocycles. The number of hydrogen-bond acceptors (Lipinski definition) is 6. The average molecular weight is 282 g/mol. The minimum atomic E-state index is -1.46. The maximum Gasteiger partial charge on any atom is 0.300 e. The lowest BCUT2D eigenvalue weighted by atomic mass is 10.2. The highest BCUT2D eigenvalue weighted by atomic mass is 16.7. The van der Waals surface area contributed by atoms with Crippen molar-refractivity contribution in [2.24, 2.45) is 0 Å². The maximum absolute atomic E-state index is 9.00. The van der Waals surface area contributed by atoms with Gasteiger partial charge in [0.15, 0.2) is 12.6 Å². The molecule has 0 bridgehead atoms. The summed E-state index contributed by atoms with van der Waals surface area (Å²) in [6.45, 7) is 3.86. The quantitative estimate of drug-likeness (QED) is 0.419. The molecule has 8 heteroatoms. The molecule has 8 nitrogen and oxygen atoms in total. The van der Waals surface area contributed by atoms with Crippen LogP contribution in [0.25, 0.3) is 0 Å². The lowest BCUT2D eigenvalue weighted by Crippen LogP contribution is -2.16. The van der Waals surface area contributed by atoms with E-state index in [2.05, 4.69) is 0 Å². The molecule has 19 heavy (non-hydrogen) atoms. The molecule has 0 aromatic rings. The predicted molar refractivity (Wildman–Crippen MR) is 66.4 cm³/mol. The van der Waals surface area contributed by atoms with Crippen LogP contribution in [0.1, 0.15) is 20.8 Å². The second-order valence-electron chi connectivity index (χ2n) is 3.17. The highest BCUT2D eigenvalue weighted by Gasteiger charge is 2.07. The standard InChI is InChI=1S/C7H14O4.2C2H4O2/c1-5(4-6(8)9)7(10-2)11-3;2*1-2(3)4/h4,6-9H,1-3H3;2*1H3,(H,3,4). The minimum absolute atomic E-state index is 0.503. The number of carboxylic acid groups (broad SMARTS) is 2. The molecule has 0 amide bonds. The number of aliphatic hydroxyl groups excluding tert-OH is 1. The van der Waals surface area contributed by atoms with Crippen LogP contribution in [-0.2, 0) is 19.1 Å². The van der Waals surface area contributed by atoms with Crippen LogP contribution in [-0.4, -0.2) is 59.2 Å². The van der Waals surface area contributed by atoms with Crippen molar-refractivity contribution >= 4 is 11.9 Å². The molecule has 4 N–H and O–H groups in total. The highest BCUT2D eigenvalue weighted by molar-refractivity contribution is 5.63. The molecule has 0 aliphatic heterocycles. The largest absolute Gasteiger partial charge is 0.481 e. The monoisotopic (exact) mass is 282 g/mol. The Morgan fingerprint density at radius 3 is 1.37 bits per heavy atom. The van der Waals surface area contributed by atoms with E-state index in [4.69, 9.17) is 39.5 Å². The topological polar surface area (TPSA) is 134 Å². The van der Waals surface area contributed by atoms with Crippen LogP contribution in [0.2, 0.25) is 0 Å². The molecule has 0 unspecified atom stereocenters. The Kier molecular flexibility index (Phi) is 17.4. The van der Waals surface area contributed by atoms with Gasteiger partial charge in [-0.05, 0) is 18.6 Å². The summed E-state index contributed by atoms with van der Waals surface area (Å²) in [5.74, 6) is -1.67. The summed E-state index contributed by atoms with van der Waals surface area (Å²) in [7, 11) is 2.96. The van der Waals surface area contributed by atoms with E-state index in [0.29, 0.717) is 5.57 Å². The van der Waals surface area contributed by atoms with Crippen molar-refractivity contribution in [3.8, 4) is 0 Å². The number of ether oxygens (including phenoxy) is 2. The predicted octanol–water partition coefficient (Wildman–Crippen LogP) is 0.0441. The molecule has 0 rings (SSSR count). The van der Waals surface area contributed by atoms with Crippen LogP contribution in [0, 0.1) is 0 Å². The van der Waals surface area contributed by atoms with E-state index < -0.39 is 24.5 Å². The number of carboxylic acids is 2. The molecule has 0 fully saturated rings. The molecular formula is C11H22O8. The van der Waals surface area contributed by atoms with Crippen LogP contribution in [0.15, 0.2) is 11.6 Å². The van der Waals surface area contributed by atoms with Crippen LogP contribution >= 0.6 is 0 Å². The molecule has 0 aliphatic carbocycles. The zero-order valence-corrected chi connectivity index (χ0v) is 11.7. The number of methoxy groups -OCH3 is 2. The summed E-state index contributed by atoms with van der Waals surface area (Å²) in [5.41, 5.74) is 0.630. The molecule has 0 saturated carbocycles. The highest BCUT2D eigenvalue weighted by Crippen LogP contribution is 2.05. The maximum atomic E-state index is 9.00. The number of hydrogen-bond donors (Lipinski definition) is 4. The Bertz CT molecular complexity index is 248. The second-order valence-corrected chi connectivity index (χ2v) is 3.17. The zero-order chi connectivity index (χ0) is 16.0. The minimum Gasteiger partial charge on any atom is -0.481 e. The fourth-order valence-electron chi connectivity index (χ4n) is 0.782. The van der Waals surface area contributed by atoms with Gasteiger partial charge in [-0.2, -0.15) is 0 Å². The number of aliphatic hydroxyl groups is 2. The van der Waals surface area contributed by atoms with Crippen molar-refractivity contribution in [3.63, 3.8) is 0 Å². The van der Waals surface area contributed by atoms with Crippen molar-refractivity contribution in [3.05, 3.63) is 11.6 Å². The van der Waals surface area contributed by atoms with Gasteiger partial charge >= 0.3 is 0 Å². The van der Waals surface area contributed by atoms with Crippen LogP contribution in [0.3, 0.4) is 0 Å². The molecule has 0 saturated heterocycles. The van der Waals surface area contributed by atoms with Crippen LogP contribution in [0.5, 0.6) is 0 Å². The van der Waals surface area contributed by atoms with E-state index >= 15 is 0 Å². The summed E-state index contributed by atoms with van der Waals surface area (Å²) in [5, 5.41) is 31.9. The van der Waals surface area contributed by atoms with Crippen molar-refractivity contribution in [1.29, 1.82) is 0 Å². The molecule has 0 heterocycles. The van der Waals surface area contributed by atoms with Crippen LogP contribution < -0.4 is 0 Å². The first-order valence-electron chi connectivity index (χ1n) is 5.07. The lowest BCUT2D eigenvalue weighted by molar-refractivity contribution is -0.135. The molecule has 114 valence electrons. The van der Waals surface area contributed by atoms with Crippen molar-refractivity contribution in [1.82, 2.24) is 0 Å². The van der Waals surface area contributed by atoms with Crippen molar-refractivity contribution in [2.45, 2.75) is 33.4 Å². The molecular weight excluding hydrogens is 260 g/mol. The van der Waals surface area contributed by atoms with Gasteiger partial charge in [-0.1, -0.05) is 0 Å². The molecule has 0 spiro atoms. The van der Waals surface area contributed by atoms with Crippen LogP contribution in [0.4, 0.5) is 0 Å². The first-order chi connectivity index (χ1) is 8.58. The van der Waals surface area contributed by atoms with E-state index in [-0.39, 0.29) is 0 Å². The van der Waals surface area contributed by atoms with Gasteiger partial charge in [0.25, 0.3) is 11.9 Å². The van der Waals surface area contributed by atoms with E-state index in [9.17, 15) is 0 Å². The van der Waals surface area contributed by atoms with Gasteiger partial charge in [0.2, 0.25) is 0 Å². The summed E-state index contributed by atoms with van der Waals surface area (Å²) < 4.78 is 9.70. The van der Waals surface area contributed by atoms with Crippen molar-refractivity contribution < 1.29 is 39.5 Å². The van der Waals surface area contributed by atoms with Gasteiger partial charge in [-0.15, -0.1) is 0 Å². The second kappa shape index (κ2) is 14.6. The molecule has 0 aliphatic rings. The Labute approximate surface area is 111 Å². The smallest absolute Gasteiger partial charge is 0.300 e. The average Bonchev–Trinajstić information content (AvgIpc) is 2.16. The number of carbonyl (C=O) groups is 2. The number of aliphatic carboxylic acids is 2. The fourth-order valence-corrected chi connectivity index (χ4v) is 0.782. The first-order valence-corrected chi connectivity index (χ1v) is 5.07. The van der Waals surface area contributed by atoms with Gasteiger partial charge < -0.3 is 29.9 Å². The molecule has 0 atom stereocenters. The van der Waals surface area contributed by atoms with Gasteiger partial charge in [0.1, 0.15) is 0 Å². The van der Waals surface area contributed by atoms with Crippen molar-refractivity contribution in [2.75, 3.05) is 14.2 Å². The lowest BCUT2D eigenvalue weighted by Gasteiger charge is -2.13. The van der Waals surface area contributed by atoms with E-state index in [1.165, 1.54) is 20.3 Å². The first kappa shape index (κ1) is 22.7. The number of rotatable bonds is 4. The van der Waals surface area contributed by atoms with E-state index in [1.54, 1.807) is 6.92 Å². The zero-order valence-electron chi connectivity index (χ0n) is 11.7. The van der Waals surface area contributed by atoms with E-state index in [1.807, 2.05) is 0 Å². The third-order valence-corrected chi connectivity index (χ3v) is 1.21. The Morgan fingerprint density at radius 1 is 0.947 bits per heavy atom. The Hall–Kier alpha value is -1.48. The third kappa shape index (κ3) is 31.5. The third-order valence-electron chi connectivity index (χ3n) is 1.21. The normalized spacial score (nSPS) is 10.3. The Balaban J connectivity index is -0.000000264. The van der Waals surface area contributed by atoms with E-state index in [0.717, 1.165) is 13.8 Å². The SMILES string of the molecule is CC(=O)O.CC(=O)O.COC(OC)C(C)=CC(O)O. The summed E-state index contributed by atoms with van der Waals surface area (Å²) >= 11 is 0. The summed E-state index contributed by atoms with van der Waals surface area (Å²) in [4.78, 5) is 18.0.